The van der Waals surface area contributed by atoms with Crippen LogP contribution in [-0.2, 0) is 14.3 Å². The lowest BCUT2D eigenvalue weighted by molar-refractivity contribution is -0.122. The van der Waals surface area contributed by atoms with Crippen molar-refractivity contribution in [2.45, 2.75) is 20.3 Å². The quantitative estimate of drug-likeness (QED) is 0.410. The molecule has 0 aliphatic carbocycles. The average molecular weight is 471 g/mol. The maximum atomic E-state index is 12.8. The lowest BCUT2D eigenvalue weighted by Gasteiger charge is -2.20. The predicted molar refractivity (Wildman–Crippen MR) is 133 cm³/mol. The molecule has 0 spiro atoms. The first-order valence-electron chi connectivity index (χ1n) is 11.4. The molecule has 4 rings (SSSR count). The second-order valence-electron chi connectivity index (χ2n) is 8.56. The minimum atomic E-state index is -0.627. The van der Waals surface area contributed by atoms with E-state index in [-0.39, 0.29) is 36.2 Å². The molecule has 35 heavy (non-hydrogen) atoms. The molecule has 1 fully saturated rings. The van der Waals surface area contributed by atoms with Gasteiger partial charge in [0.1, 0.15) is 0 Å². The number of esters is 1. The summed E-state index contributed by atoms with van der Waals surface area (Å²) in [6, 6.07) is 20.6. The van der Waals surface area contributed by atoms with Crippen molar-refractivity contribution in [1.82, 2.24) is 0 Å². The summed E-state index contributed by atoms with van der Waals surface area (Å²) in [5.41, 5.74) is 4.19. The number of aryl methyl sites for hydroxylation is 1. The molecule has 0 saturated carbocycles. The van der Waals surface area contributed by atoms with Crippen molar-refractivity contribution in [3.63, 3.8) is 0 Å². The van der Waals surface area contributed by atoms with E-state index in [2.05, 4.69) is 5.32 Å². The standard InChI is InChI=1S/C28H26N2O5/c1-18-7-6-10-24(19(18)2)30-16-22(15-26(30)32)27(33)29-23-13-11-21(12-14-23)28(34)35-17-25(31)20-8-4-3-5-9-20/h3-14,22H,15-17H2,1-2H3,(H,29,33)/t22-/m1/s1. The van der Waals surface area contributed by atoms with Gasteiger partial charge >= 0.3 is 5.97 Å². The number of Topliss-reactive ketones (excluding diaryl/α,β-unsaturated/α-hetero) is 1. The molecule has 0 unspecified atom stereocenters. The number of rotatable bonds is 7. The van der Waals surface area contributed by atoms with E-state index >= 15 is 0 Å². The first kappa shape index (κ1) is 23.9. The third kappa shape index (κ3) is 5.46. The van der Waals surface area contributed by atoms with Crippen LogP contribution in [0.4, 0.5) is 11.4 Å². The van der Waals surface area contributed by atoms with Crippen LogP contribution in [0.25, 0.3) is 0 Å². The predicted octanol–water partition coefficient (Wildman–Crippen LogP) is 4.33. The molecule has 1 heterocycles. The fraction of sp³-hybridized carbons (Fsp3) is 0.214. The lowest BCUT2D eigenvalue weighted by atomic mass is 10.1. The Hall–Kier alpha value is -4.26. The Balaban J connectivity index is 1.32. The zero-order valence-corrected chi connectivity index (χ0v) is 19.6. The van der Waals surface area contributed by atoms with Gasteiger partial charge in [-0.3, -0.25) is 14.4 Å². The SMILES string of the molecule is Cc1cccc(N2C[C@H](C(=O)Nc3ccc(C(=O)OCC(=O)c4ccccc4)cc3)CC2=O)c1C. The molecular weight excluding hydrogens is 444 g/mol. The number of carbonyl (C=O) groups excluding carboxylic acids is 4. The van der Waals surface area contributed by atoms with Crippen molar-refractivity contribution in [1.29, 1.82) is 0 Å². The minimum absolute atomic E-state index is 0.0815. The fourth-order valence-electron chi connectivity index (χ4n) is 4.00. The number of hydrogen-bond acceptors (Lipinski definition) is 5. The van der Waals surface area contributed by atoms with Crippen molar-refractivity contribution < 1.29 is 23.9 Å². The number of hydrogen-bond donors (Lipinski definition) is 1. The van der Waals surface area contributed by atoms with Crippen LogP contribution in [0.15, 0.2) is 72.8 Å². The summed E-state index contributed by atoms with van der Waals surface area (Å²) >= 11 is 0. The highest BCUT2D eigenvalue weighted by molar-refractivity contribution is 6.04. The molecule has 2 amide bonds. The van der Waals surface area contributed by atoms with E-state index in [9.17, 15) is 19.2 Å². The van der Waals surface area contributed by atoms with E-state index in [1.807, 2.05) is 32.0 Å². The molecular formula is C28H26N2O5. The summed E-state index contributed by atoms with van der Waals surface area (Å²) in [4.78, 5) is 51.4. The number of nitrogens with one attached hydrogen (secondary N) is 1. The smallest absolute Gasteiger partial charge is 0.338 e. The molecule has 0 aromatic heterocycles. The van der Waals surface area contributed by atoms with Crippen molar-refractivity contribution in [3.8, 4) is 0 Å². The van der Waals surface area contributed by atoms with Gasteiger partial charge in [-0.15, -0.1) is 0 Å². The van der Waals surface area contributed by atoms with Crippen LogP contribution in [-0.4, -0.2) is 36.7 Å². The Kier molecular flexibility index (Phi) is 7.06. The van der Waals surface area contributed by atoms with Gasteiger partial charge < -0.3 is 15.0 Å². The van der Waals surface area contributed by atoms with Crippen LogP contribution < -0.4 is 10.2 Å². The monoisotopic (exact) mass is 470 g/mol. The topological polar surface area (TPSA) is 92.8 Å². The van der Waals surface area contributed by atoms with E-state index < -0.39 is 11.9 Å². The summed E-state index contributed by atoms with van der Waals surface area (Å²) < 4.78 is 5.11. The first-order valence-corrected chi connectivity index (χ1v) is 11.4. The summed E-state index contributed by atoms with van der Waals surface area (Å²) in [6.45, 7) is 3.92. The zero-order chi connectivity index (χ0) is 24.9. The molecule has 1 saturated heterocycles. The lowest BCUT2D eigenvalue weighted by Crippen LogP contribution is -2.28. The number of ether oxygens (including phenoxy) is 1. The second kappa shape index (κ2) is 10.3. The van der Waals surface area contributed by atoms with Crippen LogP contribution in [0.5, 0.6) is 0 Å². The van der Waals surface area contributed by atoms with Gasteiger partial charge in [0.25, 0.3) is 0 Å². The largest absolute Gasteiger partial charge is 0.454 e. The van der Waals surface area contributed by atoms with Crippen molar-refractivity contribution in [2.24, 2.45) is 5.92 Å². The fourth-order valence-corrected chi connectivity index (χ4v) is 4.00. The van der Waals surface area contributed by atoms with Crippen LogP contribution in [0.3, 0.4) is 0 Å². The Labute approximate surface area is 203 Å². The third-order valence-electron chi connectivity index (χ3n) is 6.18. The molecule has 0 radical (unpaired) electrons. The molecule has 7 heteroatoms. The molecule has 178 valence electrons. The van der Waals surface area contributed by atoms with Crippen LogP contribution in [0, 0.1) is 19.8 Å². The molecule has 1 N–H and O–H groups in total. The maximum Gasteiger partial charge on any atom is 0.338 e. The van der Waals surface area contributed by atoms with E-state index in [1.165, 1.54) is 12.1 Å². The second-order valence-corrected chi connectivity index (χ2v) is 8.56. The highest BCUT2D eigenvalue weighted by Gasteiger charge is 2.35. The summed E-state index contributed by atoms with van der Waals surface area (Å²) in [5, 5.41) is 2.82. The van der Waals surface area contributed by atoms with Gasteiger partial charge in [0, 0.05) is 29.9 Å². The normalized spacial score (nSPS) is 15.1. The average Bonchev–Trinajstić information content (AvgIpc) is 3.26. The van der Waals surface area contributed by atoms with Gasteiger partial charge in [0.15, 0.2) is 12.4 Å². The highest BCUT2D eigenvalue weighted by Crippen LogP contribution is 2.30. The number of anilines is 2. The number of benzene rings is 3. The van der Waals surface area contributed by atoms with Crippen molar-refractivity contribution in [3.05, 3.63) is 95.1 Å². The Morgan fingerprint density at radius 2 is 1.63 bits per heavy atom. The molecule has 0 bridgehead atoms. The van der Waals surface area contributed by atoms with Gasteiger partial charge in [-0.2, -0.15) is 0 Å². The Morgan fingerprint density at radius 1 is 0.914 bits per heavy atom. The first-order chi connectivity index (χ1) is 16.8. The molecule has 3 aromatic rings. The summed E-state index contributed by atoms with van der Waals surface area (Å²) in [7, 11) is 0. The number of nitrogens with zero attached hydrogens (tertiary/aromatic N) is 1. The van der Waals surface area contributed by atoms with Crippen molar-refractivity contribution in [2.75, 3.05) is 23.4 Å². The Bertz CT molecular complexity index is 1270. The van der Waals surface area contributed by atoms with Crippen LogP contribution in [0.1, 0.15) is 38.3 Å². The van der Waals surface area contributed by atoms with Gasteiger partial charge in [0.2, 0.25) is 11.8 Å². The Morgan fingerprint density at radius 3 is 2.34 bits per heavy atom. The van der Waals surface area contributed by atoms with Crippen molar-refractivity contribution >= 4 is 34.9 Å². The van der Waals surface area contributed by atoms with E-state index in [4.69, 9.17) is 4.74 Å². The molecule has 1 aliphatic heterocycles. The number of ketones is 1. The molecule has 7 nitrogen and oxygen atoms in total. The van der Waals surface area contributed by atoms with E-state index in [0.717, 1.165) is 16.8 Å². The van der Waals surface area contributed by atoms with Gasteiger partial charge in [-0.25, -0.2) is 4.79 Å². The van der Waals surface area contributed by atoms with Gasteiger partial charge in [-0.1, -0.05) is 42.5 Å². The third-order valence-corrected chi connectivity index (χ3v) is 6.18. The number of amides is 2. The van der Waals surface area contributed by atoms with Crippen LogP contribution >= 0.6 is 0 Å². The molecule has 3 aromatic carbocycles. The van der Waals surface area contributed by atoms with Gasteiger partial charge in [0.05, 0.1) is 11.5 Å². The maximum absolute atomic E-state index is 12.8. The van der Waals surface area contributed by atoms with E-state index in [0.29, 0.717) is 17.8 Å². The molecule has 1 aliphatic rings. The molecule has 1 atom stereocenters. The minimum Gasteiger partial charge on any atom is -0.454 e. The summed E-state index contributed by atoms with van der Waals surface area (Å²) in [5.74, 6) is -1.73. The van der Waals surface area contributed by atoms with Crippen LogP contribution in [0.2, 0.25) is 0 Å². The highest BCUT2D eigenvalue weighted by atomic mass is 16.5. The number of carbonyl (C=O) groups is 4. The van der Waals surface area contributed by atoms with Gasteiger partial charge in [-0.05, 0) is 55.3 Å². The van der Waals surface area contributed by atoms with E-state index in [1.54, 1.807) is 47.4 Å². The zero-order valence-electron chi connectivity index (χ0n) is 19.6. The summed E-state index contributed by atoms with van der Waals surface area (Å²) in [6.07, 6.45) is 0.138.